The summed E-state index contributed by atoms with van der Waals surface area (Å²) in [5, 5.41) is 9.26. The number of fused-ring (bicyclic) bond motifs is 1. The molecule has 0 aliphatic carbocycles. The maximum Gasteiger partial charge on any atom is 0.249 e. The monoisotopic (exact) mass is 357 g/mol. The van der Waals surface area contributed by atoms with Crippen LogP contribution in [0, 0.1) is 0 Å². The second-order valence-electron chi connectivity index (χ2n) is 6.36. The van der Waals surface area contributed by atoms with E-state index in [4.69, 9.17) is 15.2 Å². The van der Waals surface area contributed by atoms with Crippen molar-refractivity contribution in [3.63, 3.8) is 0 Å². The summed E-state index contributed by atoms with van der Waals surface area (Å²) in [5.41, 5.74) is 6.82. The topological polar surface area (TPSA) is 108 Å². The van der Waals surface area contributed by atoms with Gasteiger partial charge in [0.25, 0.3) is 0 Å². The van der Waals surface area contributed by atoms with Gasteiger partial charge < -0.3 is 20.3 Å². The van der Waals surface area contributed by atoms with Crippen molar-refractivity contribution in [2.24, 2.45) is 5.73 Å². The number of carbonyl (C=O) groups excluding carboxylic acids is 1. The Morgan fingerprint density at radius 2 is 2.35 bits per heavy atom. The molecule has 0 unspecified atom stereocenters. The van der Waals surface area contributed by atoms with Crippen LogP contribution in [0.2, 0.25) is 0 Å². The molecule has 1 aliphatic heterocycles. The fourth-order valence-electron chi connectivity index (χ4n) is 3.29. The first-order chi connectivity index (χ1) is 12.6. The van der Waals surface area contributed by atoms with Crippen molar-refractivity contribution in [1.82, 2.24) is 9.97 Å². The number of rotatable bonds is 6. The van der Waals surface area contributed by atoms with Gasteiger partial charge in [0.15, 0.2) is 0 Å². The lowest BCUT2D eigenvalue weighted by Crippen LogP contribution is -2.51. The maximum atomic E-state index is 11.9. The largest absolute Gasteiger partial charge is 0.481 e. The van der Waals surface area contributed by atoms with E-state index in [9.17, 15) is 9.90 Å². The molecule has 1 amide bonds. The normalized spacial score (nSPS) is 23.4. The van der Waals surface area contributed by atoms with Gasteiger partial charge >= 0.3 is 0 Å². The van der Waals surface area contributed by atoms with Gasteiger partial charge in [-0.05, 0) is 31.4 Å². The molecule has 3 rings (SSSR count). The van der Waals surface area contributed by atoms with E-state index < -0.39 is 11.5 Å². The lowest BCUT2D eigenvalue weighted by Gasteiger charge is -2.37. The number of pyridine rings is 2. The fourth-order valence-corrected chi connectivity index (χ4v) is 3.29. The molecule has 0 saturated carbocycles. The smallest absolute Gasteiger partial charge is 0.249 e. The van der Waals surface area contributed by atoms with Crippen molar-refractivity contribution < 1.29 is 19.4 Å². The van der Waals surface area contributed by atoms with Gasteiger partial charge in [-0.2, -0.15) is 0 Å². The summed E-state index contributed by atoms with van der Waals surface area (Å²) in [5.74, 6) is -0.00447. The van der Waals surface area contributed by atoms with E-state index in [1.54, 1.807) is 19.4 Å². The Bertz CT molecular complexity index is 820. The zero-order valence-corrected chi connectivity index (χ0v) is 14.7. The van der Waals surface area contributed by atoms with Crippen LogP contribution in [0.15, 0.2) is 30.5 Å². The molecular weight excluding hydrogens is 334 g/mol. The summed E-state index contributed by atoms with van der Waals surface area (Å²) in [6.45, 7) is -0.141. The van der Waals surface area contributed by atoms with Crippen LogP contribution >= 0.6 is 0 Å². The van der Waals surface area contributed by atoms with Crippen molar-refractivity contribution in [2.45, 2.75) is 37.4 Å². The number of hydrogen-bond acceptors (Lipinski definition) is 6. The molecule has 0 bridgehead atoms. The summed E-state index contributed by atoms with van der Waals surface area (Å²) >= 11 is 0. The average molecular weight is 357 g/mol. The lowest BCUT2D eigenvalue weighted by atomic mass is 9.88. The van der Waals surface area contributed by atoms with Crippen LogP contribution in [-0.4, -0.2) is 46.4 Å². The van der Waals surface area contributed by atoms with Crippen LogP contribution in [0.4, 0.5) is 0 Å². The molecular formula is C19H23N3O4. The number of methoxy groups -OCH3 is 1. The van der Waals surface area contributed by atoms with Crippen LogP contribution in [0.25, 0.3) is 17.1 Å². The highest BCUT2D eigenvalue weighted by Crippen LogP contribution is 2.32. The molecule has 1 saturated heterocycles. The Morgan fingerprint density at radius 1 is 1.50 bits per heavy atom. The third-order valence-electron chi connectivity index (χ3n) is 4.70. The molecule has 7 heteroatoms. The highest BCUT2D eigenvalue weighted by atomic mass is 16.5. The number of aliphatic hydroxyl groups is 1. The van der Waals surface area contributed by atoms with Gasteiger partial charge in [-0.1, -0.05) is 12.2 Å². The number of carbonyl (C=O) groups is 1. The van der Waals surface area contributed by atoms with E-state index in [0.29, 0.717) is 12.3 Å². The van der Waals surface area contributed by atoms with Crippen LogP contribution in [0.1, 0.15) is 31.2 Å². The summed E-state index contributed by atoms with van der Waals surface area (Å²) in [6, 6.07) is 5.49. The highest BCUT2D eigenvalue weighted by molar-refractivity contribution is 5.85. The van der Waals surface area contributed by atoms with E-state index in [1.165, 1.54) is 0 Å². The lowest BCUT2D eigenvalue weighted by molar-refractivity contribution is -0.161. The molecule has 2 aromatic rings. The SMILES string of the molecule is COc1ccc2nccc(C=C[C@@H]3CCC[C@@](CCO)(C(N)=O)O3)c2n1. The molecule has 3 heterocycles. The van der Waals surface area contributed by atoms with Gasteiger partial charge in [0.05, 0.1) is 24.2 Å². The van der Waals surface area contributed by atoms with E-state index in [-0.39, 0.29) is 19.1 Å². The molecule has 2 atom stereocenters. The Kier molecular flexibility index (Phi) is 5.49. The Hall–Kier alpha value is -2.51. The van der Waals surface area contributed by atoms with Gasteiger partial charge in [0, 0.05) is 30.9 Å². The third kappa shape index (κ3) is 3.68. The van der Waals surface area contributed by atoms with Crippen molar-refractivity contribution >= 4 is 23.0 Å². The van der Waals surface area contributed by atoms with E-state index >= 15 is 0 Å². The maximum absolute atomic E-state index is 11.9. The molecule has 0 radical (unpaired) electrons. The number of aromatic nitrogens is 2. The van der Waals surface area contributed by atoms with E-state index in [2.05, 4.69) is 9.97 Å². The number of hydrogen-bond donors (Lipinski definition) is 2. The Labute approximate surface area is 151 Å². The number of primary amides is 1. The van der Waals surface area contributed by atoms with Crippen molar-refractivity contribution in [3.05, 3.63) is 36.0 Å². The zero-order chi connectivity index (χ0) is 18.6. The minimum absolute atomic E-state index is 0.141. The Balaban J connectivity index is 1.85. The molecule has 1 aliphatic rings. The summed E-state index contributed by atoms with van der Waals surface area (Å²) in [7, 11) is 1.57. The van der Waals surface area contributed by atoms with Crippen molar-refractivity contribution in [2.75, 3.05) is 13.7 Å². The summed E-state index contributed by atoms with van der Waals surface area (Å²) in [6.07, 6.45) is 7.63. The molecule has 3 N–H and O–H groups in total. The number of amides is 1. The minimum Gasteiger partial charge on any atom is -0.481 e. The van der Waals surface area contributed by atoms with Gasteiger partial charge in [-0.3, -0.25) is 9.78 Å². The first-order valence-electron chi connectivity index (χ1n) is 8.64. The second-order valence-corrected chi connectivity index (χ2v) is 6.36. The predicted molar refractivity (Wildman–Crippen MR) is 97.5 cm³/mol. The molecule has 0 aromatic carbocycles. The number of nitrogens with zero attached hydrogens (tertiary/aromatic N) is 2. The molecule has 138 valence electrons. The highest BCUT2D eigenvalue weighted by Gasteiger charge is 2.41. The van der Waals surface area contributed by atoms with Crippen molar-refractivity contribution in [1.29, 1.82) is 0 Å². The van der Waals surface area contributed by atoms with Crippen LogP contribution in [0.3, 0.4) is 0 Å². The second kappa shape index (κ2) is 7.80. The summed E-state index contributed by atoms with van der Waals surface area (Å²) < 4.78 is 11.2. The first kappa shape index (κ1) is 18.3. The third-order valence-corrected chi connectivity index (χ3v) is 4.70. The average Bonchev–Trinajstić information content (AvgIpc) is 2.66. The Morgan fingerprint density at radius 3 is 3.08 bits per heavy atom. The van der Waals surface area contributed by atoms with Crippen molar-refractivity contribution in [3.8, 4) is 5.88 Å². The number of ether oxygens (including phenoxy) is 2. The molecule has 26 heavy (non-hydrogen) atoms. The number of nitrogens with two attached hydrogens (primary N) is 1. The number of aliphatic hydroxyl groups excluding tert-OH is 1. The van der Waals surface area contributed by atoms with Gasteiger partial charge in [0.1, 0.15) is 5.60 Å². The van der Waals surface area contributed by atoms with E-state index in [1.807, 2.05) is 24.3 Å². The van der Waals surface area contributed by atoms with Gasteiger partial charge in [0.2, 0.25) is 11.8 Å². The molecule has 0 spiro atoms. The van der Waals surface area contributed by atoms with Gasteiger partial charge in [-0.15, -0.1) is 0 Å². The quantitative estimate of drug-likeness (QED) is 0.817. The predicted octanol–water partition coefficient (Wildman–Crippen LogP) is 1.83. The first-order valence-corrected chi connectivity index (χ1v) is 8.64. The zero-order valence-electron chi connectivity index (χ0n) is 14.7. The minimum atomic E-state index is -1.09. The van der Waals surface area contributed by atoms with E-state index in [0.717, 1.165) is 29.4 Å². The summed E-state index contributed by atoms with van der Waals surface area (Å²) in [4.78, 5) is 20.6. The van der Waals surface area contributed by atoms with Crippen LogP contribution < -0.4 is 10.5 Å². The molecule has 1 fully saturated rings. The van der Waals surface area contributed by atoms with Crippen LogP contribution in [0.5, 0.6) is 5.88 Å². The standard InChI is InChI=1S/C19H23N3O4/c1-25-16-7-6-15-17(22-16)13(8-11-21-15)4-5-14-3-2-9-19(26-14,10-12-23)18(20)24/h4-8,11,14,23H,2-3,9-10,12H2,1H3,(H2,20,24)/t14-,19+/m0/s1. The fraction of sp³-hybridized carbons (Fsp3) is 0.421. The molecule has 7 nitrogen and oxygen atoms in total. The molecule has 2 aromatic heterocycles. The van der Waals surface area contributed by atoms with Crippen LogP contribution in [-0.2, 0) is 9.53 Å². The van der Waals surface area contributed by atoms with Gasteiger partial charge in [-0.25, -0.2) is 4.98 Å².